The highest BCUT2D eigenvalue weighted by atomic mass is 19.4. The predicted molar refractivity (Wildman–Crippen MR) is 100 cm³/mol. The van der Waals surface area contributed by atoms with Crippen molar-refractivity contribution in [3.8, 4) is 0 Å². The molecule has 0 saturated carbocycles. The zero-order chi connectivity index (χ0) is 35.2. The van der Waals surface area contributed by atoms with Gasteiger partial charge < -0.3 is 20.4 Å². The van der Waals surface area contributed by atoms with Crippen LogP contribution in [0.3, 0.4) is 0 Å². The fourth-order valence-electron chi connectivity index (χ4n) is 2.94. The molecule has 2 rings (SSSR count). The highest BCUT2D eigenvalue weighted by molar-refractivity contribution is 5.96. The number of halogens is 16. The number of rotatable bonds is 6. The molecule has 0 unspecified atom stereocenters. The summed E-state index contributed by atoms with van der Waals surface area (Å²) in [6.07, 6.45) is -13.2. The van der Waals surface area contributed by atoms with Crippen LogP contribution in [0.1, 0.15) is 52.6 Å². The smallest absolute Gasteiger partial charge is 0.458 e. The first-order valence-corrected chi connectivity index (χ1v) is 9.73. The third-order valence-electron chi connectivity index (χ3n) is 4.83. The van der Waals surface area contributed by atoms with Crippen LogP contribution in [-0.4, -0.2) is 56.7 Å². The quantitative estimate of drug-likeness (QED) is 0.206. The molecule has 0 bridgehead atoms. The van der Waals surface area contributed by atoms with Crippen LogP contribution in [0.2, 0.25) is 0 Å². The van der Waals surface area contributed by atoms with Gasteiger partial charge in [-0.1, -0.05) is 0 Å². The van der Waals surface area contributed by atoms with E-state index in [1.54, 1.807) is 0 Å². The van der Waals surface area contributed by atoms with Gasteiger partial charge in [0, 0.05) is 0 Å². The largest absolute Gasteiger partial charge is 0.478 e. The van der Waals surface area contributed by atoms with E-state index in [1.807, 2.05) is 0 Å². The van der Waals surface area contributed by atoms with E-state index < -0.39 is 116 Å². The number of aromatic carboxylic acids is 4. The minimum absolute atomic E-state index is 2.45. The van der Waals surface area contributed by atoms with E-state index >= 15 is 0 Å². The van der Waals surface area contributed by atoms with Gasteiger partial charge in [-0.15, -0.1) is 0 Å². The molecule has 8 nitrogen and oxygen atoms in total. The van der Waals surface area contributed by atoms with Crippen LogP contribution in [0.25, 0.3) is 0 Å². The highest BCUT2D eigenvalue weighted by Gasteiger charge is 2.63. The summed E-state index contributed by atoms with van der Waals surface area (Å²) in [5.74, 6) is -40.9. The fourth-order valence-corrected chi connectivity index (χ4v) is 2.94. The Morgan fingerprint density at radius 3 is 0.864 bits per heavy atom. The number of alkyl halides is 10. The molecule has 4 N–H and O–H groups in total. The molecule has 44 heavy (non-hydrogen) atoms. The first-order chi connectivity index (χ1) is 19.5. The van der Waals surface area contributed by atoms with Crippen molar-refractivity contribution in [1.29, 1.82) is 0 Å². The van der Waals surface area contributed by atoms with Crippen LogP contribution < -0.4 is 0 Å². The molecule has 0 heterocycles. The first kappa shape index (κ1) is 37.2. The molecule has 0 amide bonds. The number of carboxylic acids is 4. The van der Waals surface area contributed by atoms with Crippen LogP contribution in [0.5, 0.6) is 0 Å². The molecule has 24 heteroatoms. The summed E-state index contributed by atoms with van der Waals surface area (Å²) >= 11 is 0. The molecule has 0 spiro atoms. The molecule has 0 aliphatic carbocycles. The SMILES string of the molecule is O=C(O)c1c(F)c(C(=O)O)c(F)c(C(F)(F)C(F)(F)F)c1F.O=C(O)c1c(F)c(F)c(C(=O)O)c(C(F)(F)C(F)(F)F)c1F. The maximum absolute atomic E-state index is 13.6. The molecule has 0 saturated heterocycles. The maximum atomic E-state index is 13.6. The molecule has 0 radical (unpaired) electrons. The van der Waals surface area contributed by atoms with E-state index in [9.17, 15) is 89.4 Å². The topological polar surface area (TPSA) is 149 Å². The van der Waals surface area contributed by atoms with Crippen LogP contribution in [0.4, 0.5) is 70.2 Å². The molecule has 2 aromatic rings. The van der Waals surface area contributed by atoms with E-state index in [-0.39, 0.29) is 0 Å². The van der Waals surface area contributed by atoms with E-state index in [0.29, 0.717) is 0 Å². The van der Waals surface area contributed by atoms with Gasteiger partial charge in [-0.25, -0.2) is 45.5 Å². The summed E-state index contributed by atoms with van der Waals surface area (Å²) in [6.45, 7) is 0. The maximum Gasteiger partial charge on any atom is 0.458 e. The predicted octanol–water partition coefficient (Wildman–Crippen LogP) is 6.31. The van der Waals surface area contributed by atoms with Crippen molar-refractivity contribution in [2.24, 2.45) is 0 Å². The second-order valence-corrected chi connectivity index (χ2v) is 7.50. The molecule has 0 fully saturated rings. The Morgan fingerprint density at radius 1 is 0.364 bits per heavy atom. The lowest BCUT2D eigenvalue weighted by molar-refractivity contribution is -0.291. The first-order valence-electron chi connectivity index (χ1n) is 9.73. The van der Waals surface area contributed by atoms with Crippen molar-refractivity contribution >= 4 is 23.9 Å². The Hall–Kier alpha value is -4.80. The molecular weight excluding hydrogens is 672 g/mol. The van der Waals surface area contributed by atoms with Crippen LogP contribution >= 0.6 is 0 Å². The van der Waals surface area contributed by atoms with E-state index in [1.165, 1.54) is 0 Å². The number of carbonyl (C=O) groups is 4. The lowest BCUT2D eigenvalue weighted by Crippen LogP contribution is -2.37. The van der Waals surface area contributed by atoms with Crippen LogP contribution in [0, 0.1) is 34.9 Å². The summed E-state index contributed by atoms with van der Waals surface area (Å²) in [5.41, 5.74) is -16.3. The van der Waals surface area contributed by atoms with Gasteiger partial charge >= 0.3 is 48.1 Å². The second kappa shape index (κ2) is 11.7. The third-order valence-corrected chi connectivity index (χ3v) is 4.83. The highest BCUT2D eigenvalue weighted by Crippen LogP contribution is 2.48. The Kier molecular flexibility index (Phi) is 9.90. The second-order valence-electron chi connectivity index (χ2n) is 7.50. The number of hydrogen-bond acceptors (Lipinski definition) is 4. The summed E-state index contributed by atoms with van der Waals surface area (Å²) < 4.78 is 206. The standard InChI is InChI=1S/2C10H2F8O4/c11-4-1(7(19)20)5(12)3(6(13)2(4)8(21)22)9(14,15)10(16,17)18;11-4-2(8(21)22)6(13)5(12)1(7(19)20)3(4)9(14,15)10(16,17)18/h2*(H,19,20)(H,21,22). The van der Waals surface area contributed by atoms with E-state index in [4.69, 9.17) is 20.4 Å². The Balaban J connectivity index is 0.000000440. The van der Waals surface area contributed by atoms with Crippen molar-refractivity contribution in [3.63, 3.8) is 0 Å². The van der Waals surface area contributed by atoms with Crippen LogP contribution in [-0.2, 0) is 11.8 Å². The molecule has 0 aliphatic heterocycles. The molecule has 244 valence electrons. The zero-order valence-electron chi connectivity index (χ0n) is 19.5. The Morgan fingerprint density at radius 2 is 0.591 bits per heavy atom. The molecule has 0 atom stereocenters. The fraction of sp³-hybridized carbons (Fsp3) is 0.200. The average Bonchev–Trinajstić information content (AvgIpc) is 2.78. The normalized spacial score (nSPS) is 12.4. The molecular formula is C20H4F16O8. The summed E-state index contributed by atoms with van der Waals surface area (Å²) in [7, 11) is 0. The zero-order valence-corrected chi connectivity index (χ0v) is 19.5. The molecule has 0 aliphatic rings. The van der Waals surface area contributed by atoms with Gasteiger partial charge in [-0.3, -0.25) is 0 Å². The van der Waals surface area contributed by atoms with Gasteiger partial charge in [0.25, 0.3) is 0 Å². The summed E-state index contributed by atoms with van der Waals surface area (Å²) in [5, 5.41) is 33.6. The Bertz CT molecular complexity index is 1520. The monoisotopic (exact) mass is 676 g/mol. The van der Waals surface area contributed by atoms with Crippen molar-refractivity contribution in [3.05, 3.63) is 68.3 Å². The van der Waals surface area contributed by atoms with Gasteiger partial charge in [0.1, 0.15) is 27.8 Å². The third kappa shape index (κ3) is 6.13. The summed E-state index contributed by atoms with van der Waals surface area (Å²) in [6, 6.07) is 0. The average molecular weight is 676 g/mol. The molecule has 0 aromatic heterocycles. The van der Waals surface area contributed by atoms with Gasteiger partial charge in [-0.05, 0) is 0 Å². The number of carboxylic acid groups (broad SMARTS) is 4. The van der Waals surface area contributed by atoms with Crippen molar-refractivity contribution in [2.45, 2.75) is 24.2 Å². The number of hydrogen-bond donors (Lipinski definition) is 4. The lowest BCUT2D eigenvalue weighted by Gasteiger charge is -2.23. The van der Waals surface area contributed by atoms with Crippen LogP contribution in [0.15, 0.2) is 0 Å². The number of benzene rings is 2. The lowest BCUT2D eigenvalue weighted by atomic mass is 9.95. The Labute approximate surface area is 227 Å². The van der Waals surface area contributed by atoms with E-state index in [0.717, 1.165) is 0 Å². The minimum atomic E-state index is -6.59. The summed E-state index contributed by atoms with van der Waals surface area (Å²) in [4.78, 5) is 42.1. The van der Waals surface area contributed by atoms with Gasteiger partial charge in [-0.2, -0.15) is 43.9 Å². The van der Waals surface area contributed by atoms with Gasteiger partial charge in [0.05, 0.1) is 5.56 Å². The van der Waals surface area contributed by atoms with E-state index in [2.05, 4.69) is 0 Å². The van der Waals surface area contributed by atoms with Gasteiger partial charge in [0.2, 0.25) is 0 Å². The minimum Gasteiger partial charge on any atom is -0.478 e. The van der Waals surface area contributed by atoms with Crippen molar-refractivity contribution < 1.29 is 110 Å². The molecule has 2 aromatic carbocycles. The van der Waals surface area contributed by atoms with Gasteiger partial charge in [0.15, 0.2) is 34.9 Å². The van der Waals surface area contributed by atoms with Crippen molar-refractivity contribution in [2.75, 3.05) is 0 Å². The van der Waals surface area contributed by atoms with Crippen molar-refractivity contribution in [1.82, 2.24) is 0 Å².